The normalized spacial score (nSPS) is 21.8. The summed E-state index contributed by atoms with van der Waals surface area (Å²) in [6, 6.07) is 18.2. The van der Waals surface area contributed by atoms with Gasteiger partial charge in [0.05, 0.1) is 12.1 Å². The van der Waals surface area contributed by atoms with E-state index < -0.39 is 0 Å². The van der Waals surface area contributed by atoms with E-state index in [0.29, 0.717) is 23.8 Å². The van der Waals surface area contributed by atoms with Crippen LogP contribution in [0.25, 0.3) is 0 Å². The SMILES string of the molecule is O=C1NC[C@@H](C2CCN(Cc3ccccc3)CC2)Oc2ccccc21. The van der Waals surface area contributed by atoms with Crippen LogP contribution in [-0.4, -0.2) is 36.5 Å². The molecule has 2 aromatic rings. The number of amides is 1. The number of hydrogen-bond donors (Lipinski definition) is 1. The van der Waals surface area contributed by atoms with Gasteiger partial charge in [-0.25, -0.2) is 0 Å². The molecular formula is C21H24N2O2. The van der Waals surface area contributed by atoms with Crippen molar-refractivity contribution in [3.8, 4) is 5.75 Å². The van der Waals surface area contributed by atoms with Gasteiger partial charge in [-0.05, 0) is 43.6 Å². The summed E-state index contributed by atoms with van der Waals surface area (Å²) in [5.41, 5.74) is 2.01. The van der Waals surface area contributed by atoms with Crippen LogP contribution in [0.1, 0.15) is 28.8 Å². The Kier molecular flexibility index (Phi) is 4.70. The first-order chi connectivity index (χ1) is 12.3. The molecule has 1 saturated heterocycles. The summed E-state index contributed by atoms with van der Waals surface area (Å²) in [7, 11) is 0. The Labute approximate surface area is 148 Å². The van der Waals surface area contributed by atoms with Crippen LogP contribution in [0.4, 0.5) is 0 Å². The Bertz CT molecular complexity index is 724. The van der Waals surface area contributed by atoms with Crippen molar-refractivity contribution < 1.29 is 9.53 Å². The van der Waals surface area contributed by atoms with Gasteiger partial charge in [-0.2, -0.15) is 0 Å². The minimum absolute atomic E-state index is 0.0281. The zero-order chi connectivity index (χ0) is 17.1. The van der Waals surface area contributed by atoms with E-state index >= 15 is 0 Å². The van der Waals surface area contributed by atoms with Crippen molar-refractivity contribution in [3.63, 3.8) is 0 Å². The van der Waals surface area contributed by atoms with Gasteiger partial charge in [0.15, 0.2) is 0 Å². The Hall–Kier alpha value is -2.33. The Morgan fingerprint density at radius 1 is 1.00 bits per heavy atom. The van der Waals surface area contributed by atoms with E-state index in [2.05, 4.69) is 40.5 Å². The lowest BCUT2D eigenvalue weighted by Crippen LogP contribution is -2.43. The molecule has 2 aliphatic rings. The molecule has 0 radical (unpaired) electrons. The van der Waals surface area contributed by atoms with Crippen molar-refractivity contribution >= 4 is 5.91 Å². The van der Waals surface area contributed by atoms with Crippen molar-refractivity contribution in [1.82, 2.24) is 10.2 Å². The molecule has 2 heterocycles. The average Bonchev–Trinajstić information content (AvgIpc) is 2.83. The molecule has 0 spiro atoms. The highest BCUT2D eigenvalue weighted by atomic mass is 16.5. The molecule has 4 nitrogen and oxygen atoms in total. The number of ether oxygens (including phenoxy) is 1. The Balaban J connectivity index is 1.37. The summed E-state index contributed by atoms with van der Waals surface area (Å²) in [5, 5.41) is 3.02. The van der Waals surface area contributed by atoms with E-state index in [1.807, 2.05) is 24.3 Å². The molecule has 4 heteroatoms. The van der Waals surface area contributed by atoms with Crippen LogP contribution in [0, 0.1) is 5.92 Å². The lowest BCUT2D eigenvalue weighted by molar-refractivity contribution is 0.0748. The van der Waals surface area contributed by atoms with Gasteiger partial charge in [0.2, 0.25) is 0 Å². The molecule has 2 aromatic carbocycles. The number of nitrogens with zero attached hydrogens (tertiary/aromatic N) is 1. The van der Waals surface area contributed by atoms with E-state index in [1.54, 1.807) is 0 Å². The van der Waals surface area contributed by atoms with Crippen molar-refractivity contribution in [3.05, 3.63) is 65.7 Å². The second-order valence-electron chi connectivity index (χ2n) is 6.96. The summed E-state index contributed by atoms with van der Waals surface area (Å²) in [5.74, 6) is 1.17. The molecule has 1 fully saturated rings. The monoisotopic (exact) mass is 336 g/mol. The fourth-order valence-corrected chi connectivity index (χ4v) is 3.84. The lowest BCUT2D eigenvalue weighted by Gasteiger charge is -2.35. The quantitative estimate of drug-likeness (QED) is 0.936. The van der Waals surface area contributed by atoms with E-state index in [0.717, 1.165) is 32.5 Å². The molecule has 1 atom stereocenters. The number of carbonyl (C=O) groups is 1. The van der Waals surface area contributed by atoms with Crippen LogP contribution in [0.3, 0.4) is 0 Å². The second kappa shape index (κ2) is 7.28. The first-order valence-corrected chi connectivity index (χ1v) is 9.10. The van der Waals surface area contributed by atoms with Gasteiger partial charge < -0.3 is 10.1 Å². The van der Waals surface area contributed by atoms with Crippen LogP contribution < -0.4 is 10.1 Å². The van der Waals surface area contributed by atoms with Gasteiger partial charge in [-0.15, -0.1) is 0 Å². The predicted molar refractivity (Wildman–Crippen MR) is 97.6 cm³/mol. The summed E-state index contributed by atoms with van der Waals surface area (Å²) < 4.78 is 6.22. The molecule has 2 aliphatic heterocycles. The van der Waals surface area contributed by atoms with Crippen molar-refractivity contribution in [1.29, 1.82) is 0 Å². The number of carbonyl (C=O) groups excluding carboxylic acids is 1. The van der Waals surface area contributed by atoms with Gasteiger partial charge in [0.1, 0.15) is 11.9 Å². The molecule has 0 aromatic heterocycles. The third-order valence-electron chi connectivity index (χ3n) is 5.28. The maximum atomic E-state index is 12.2. The van der Waals surface area contributed by atoms with Crippen molar-refractivity contribution in [2.45, 2.75) is 25.5 Å². The second-order valence-corrected chi connectivity index (χ2v) is 6.96. The first-order valence-electron chi connectivity index (χ1n) is 9.10. The molecular weight excluding hydrogens is 312 g/mol. The minimum Gasteiger partial charge on any atom is -0.487 e. The van der Waals surface area contributed by atoms with Gasteiger partial charge in [0, 0.05) is 12.5 Å². The number of piperidine rings is 1. The van der Waals surface area contributed by atoms with Crippen LogP contribution in [0.15, 0.2) is 54.6 Å². The zero-order valence-electron chi connectivity index (χ0n) is 14.4. The fourth-order valence-electron chi connectivity index (χ4n) is 3.84. The third-order valence-corrected chi connectivity index (χ3v) is 5.28. The van der Waals surface area contributed by atoms with Gasteiger partial charge in [-0.1, -0.05) is 42.5 Å². The van der Waals surface area contributed by atoms with E-state index in [1.165, 1.54) is 5.56 Å². The third kappa shape index (κ3) is 3.69. The highest BCUT2D eigenvalue weighted by molar-refractivity contribution is 5.97. The lowest BCUT2D eigenvalue weighted by atomic mass is 9.90. The largest absolute Gasteiger partial charge is 0.487 e. The molecule has 130 valence electrons. The molecule has 0 saturated carbocycles. The standard InChI is InChI=1S/C21H24N2O2/c24-21-18-8-4-5-9-19(18)25-20(14-22-21)17-10-12-23(13-11-17)15-16-6-2-1-3-7-16/h1-9,17,20H,10-15H2,(H,22,24)/t20-/m0/s1. The molecule has 0 bridgehead atoms. The van der Waals surface area contributed by atoms with Gasteiger partial charge in [0.25, 0.3) is 5.91 Å². The number of fused-ring (bicyclic) bond motifs is 1. The Morgan fingerprint density at radius 2 is 1.72 bits per heavy atom. The number of rotatable bonds is 3. The number of nitrogens with one attached hydrogen (secondary N) is 1. The van der Waals surface area contributed by atoms with E-state index in [-0.39, 0.29) is 12.0 Å². The van der Waals surface area contributed by atoms with Crippen molar-refractivity contribution in [2.75, 3.05) is 19.6 Å². The minimum atomic E-state index is -0.0281. The van der Waals surface area contributed by atoms with E-state index in [9.17, 15) is 4.79 Å². The summed E-state index contributed by atoms with van der Waals surface area (Å²) in [6.07, 6.45) is 2.27. The highest BCUT2D eigenvalue weighted by Crippen LogP contribution is 2.28. The predicted octanol–water partition coefficient (Wildman–Crippen LogP) is 3.09. The molecule has 4 rings (SSSR count). The van der Waals surface area contributed by atoms with Crippen LogP contribution in [0.5, 0.6) is 5.75 Å². The van der Waals surface area contributed by atoms with Gasteiger partial charge in [-0.3, -0.25) is 9.69 Å². The number of hydrogen-bond acceptors (Lipinski definition) is 3. The number of likely N-dealkylation sites (tertiary alicyclic amines) is 1. The Morgan fingerprint density at radius 3 is 2.52 bits per heavy atom. The highest BCUT2D eigenvalue weighted by Gasteiger charge is 2.31. The maximum absolute atomic E-state index is 12.2. The first kappa shape index (κ1) is 16.2. The average molecular weight is 336 g/mol. The molecule has 0 unspecified atom stereocenters. The number of benzene rings is 2. The summed E-state index contributed by atoms with van der Waals surface area (Å²) in [6.45, 7) is 3.76. The van der Waals surface area contributed by atoms with Gasteiger partial charge >= 0.3 is 0 Å². The summed E-state index contributed by atoms with van der Waals surface area (Å²) in [4.78, 5) is 14.7. The maximum Gasteiger partial charge on any atom is 0.255 e. The van der Waals surface area contributed by atoms with E-state index in [4.69, 9.17) is 4.74 Å². The zero-order valence-corrected chi connectivity index (χ0v) is 14.4. The van der Waals surface area contributed by atoms with Crippen LogP contribution in [-0.2, 0) is 6.54 Å². The molecule has 1 N–H and O–H groups in total. The van der Waals surface area contributed by atoms with Crippen LogP contribution in [0.2, 0.25) is 0 Å². The van der Waals surface area contributed by atoms with Crippen molar-refractivity contribution in [2.24, 2.45) is 5.92 Å². The topological polar surface area (TPSA) is 41.6 Å². The van der Waals surface area contributed by atoms with Crippen LogP contribution >= 0.6 is 0 Å². The molecule has 1 amide bonds. The molecule has 0 aliphatic carbocycles. The summed E-state index contributed by atoms with van der Waals surface area (Å²) >= 11 is 0. The fraction of sp³-hybridized carbons (Fsp3) is 0.381. The number of para-hydroxylation sites is 1. The molecule has 25 heavy (non-hydrogen) atoms. The smallest absolute Gasteiger partial charge is 0.255 e.